The summed E-state index contributed by atoms with van der Waals surface area (Å²) in [7, 11) is 1.63. The largest absolute Gasteiger partial charge is 0.497 e. The highest BCUT2D eigenvalue weighted by Crippen LogP contribution is 2.19. The topological polar surface area (TPSA) is 58.6 Å². The number of nitrogens with one attached hydrogen (secondary N) is 1. The predicted octanol–water partition coefficient (Wildman–Crippen LogP) is 4.65. The number of thioether (sulfide) groups is 1. The van der Waals surface area contributed by atoms with Crippen molar-refractivity contribution in [2.24, 2.45) is 0 Å². The highest BCUT2D eigenvalue weighted by Gasteiger charge is 2.28. The molecule has 0 heterocycles. The molecule has 31 heavy (non-hydrogen) atoms. The average Bonchev–Trinajstić information content (AvgIpc) is 2.80. The molecule has 0 aliphatic carbocycles. The maximum atomic E-state index is 13.2. The number of carbonyl (C=O) groups is 2. The van der Waals surface area contributed by atoms with Crippen molar-refractivity contribution in [2.75, 3.05) is 19.4 Å². The monoisotopic (exact) mass is 442 g/mol. The van der Waals surface area contributed by atoms with Gasteiger partial charge in [-0.15, -0.1) is 11.8 Å². The number of rotatable bonds is 13. The van der Waals surface area contributed by atoms with Gasteiger partial charge in [-0.05, 0) is 36.1 Å². The minimum Gasteiger partial charge on any atom is -0.497 e. The summed E-state index contributed by atoms with van der Waals surface area (Å²) in [5.41, 5.74) is 2.16. The fourth-order valence-corrected chi connectivity index (χ4v) is 4.14. The second-order valence-corrected chi connectivity index (χ2v) is 8.40. The lowest BCUT2D eigenvalue weighted by molar-refractivity contribution is -0.139. The molecular formula is C25H34N2O3S. The molecule has 2 aromatic carbocycles. The third kappa shape index (κ3) is 8.29. The Morgan fingerprint density at radius 2 is 1.74 bits per heavy atom. The summed E-state index contributed by atoms with van der Waals surface area (Å²) in [4.78, 5) is 27.8. The molecule has 0 saturated carbocycles. The standard InChI is InChI=1S/C25H34N2O3S/c1-4-6-16-26-25(29)23(5-2)27(17-20-12-14-22(30-3)15-13-20)24(28)19-31-18-21-10-8-7-9-11-21/h7-15,23H,4-6,16-19H2,1-3H3,(H,26,29). The Balaban J connectivity index is 2.10. The van der Waals surface area contributed by atoms with Gasteiger partial charge >= 0.3 is 0 Å². The van der Waals surface area contributed by atoms with Crippen LogP contribution in [0, 0.1) is 0 Å². The highest BCUT2D eigenvalue weighted by atomic mass is 32.2. The van der Waals surface area contributed by atoms with Crippen LogP contribution >= 0.6 is 11.8 Å². The van der Waals surface area contributed by atoms with Gasteiger partial charge in [0.05, 0.1) is 12.9 Å². The van der Waals surface area contributed by atoms with Gasteiger partial charge in [0.15, 0.2) is 0 Å². The number of unbranched alkanes of at least 4 members (excludes halogenated alkanes) is 1. The Labute approximate surface area is 190 Å². The quantitative estimate of drug-likeness (QED) is 0.459. The first-order chi connectivity index (χ1) is 15.1. The molecule has 0 fully saturated rings. The zero-order valence-corrected chi connectivity index (χ0v) is 19.6. The number of benzene rings is 2. The molecular weight excluding hydrogens is 408 g/mol. The number of carbonyl (C=O) groups excluding carboxylic acids is 2. The number of nitrogens with zero attached hydrogens (tertiary/aromatic N) is 1. The van der Waals surface area contributed by atoms with E-state index in [1.54, 1.807) is 23.8 Å². The molecule has 0 spiro atoms. The van der Waals surface area contributed by atoms with E-state index in [-0.39, 0.29) is 11.8 Å². The highest BCUT2D eigenvalue weighted by molar-refractivity contribution is 7.99. The van der Waals surface area contributed by atoms with Crippen LogP contribution in [0.15, 0.2) is 54.6 Å². The zero-order chi connectivity index (χ0) is 22.5. The first-order valence-corrected chi connectivity index (χ1v) is 12.1. The number of hydrogen-bond acceptors (Lipinski definition) is 4. The van der Waals surface area contributed by atoms with E-state index >= 15 is 0 Å². The van der Waals surface area contributed by atoms with Crippen LogP contribution in [0.2, 0.25) is 0 Å². The van der Waals surface area contributed by atoms with Crippen molar-refractivity contribution in [1.82, 2.24) is 10.2 Å². The van der Waals surface area contributed by atoms with Crippen LogP contribution in [0.1, 0.15) is 44.2 Å². The normalized spacial score (nSPS) is 11.6. The Morgan fingerprint density at radius 1 is 1.03 bits per heavy atom. The van der Waals surface area contributed by atoms with Crippen molar-refractivity contribution < 1.29 is 14.3 Å². The fraction of sp³-hybridized carbons (Fsp3) is 0.440. The van der Waals surface area contributed by atoms with Gasteiger partial charge in [-0.2, -0.15) is 0 Å². The molecule has 0 bridgehead atoms. The van der Waals surface area contributed by atoms with Gasteiger partial charge in [-0.25, -0.2) is 0 Å². The lowest BCUT2D eigenvalue weighted by Crippen LogP contribution is -2.49. The van der Waals surface area contributed by atoms with Crippen molar-refractivity contribution in [1.29, 1.82) is 0 Å². The molecule has 1 atom stereocenters. The molecule has 0 saturated heterocycles. The van der Waals surface area contributed by atoms with Gasteiger partial charge < -0.3 is 15.0 Å². The van der Waals surface area contributed by atoms with Gasteiger partial charge in [-0.3, -0.25) is 9.59 Å². The lowest BCUT2D eigenvalue weighted by Gasteiger charge is -2.30. The third-order valence-electron chi connectivity index (χ3n) is 5.06. The van der Waals surface area contributed by atoms with E-state index in [9.17, 15) is 9.59 Å². The minimum absolute atomic E-state index is 0.0192. The van der Waals surface area contributed by atoms with Crippen LogP contribution in [0.3, 0.4) is 0 Å². The van der Waals surface area contributed by atoms with E-state index < -0.39 is 6.04 Å². The second-order valence-electron chi connectivity index (χ2n) is 7.42. The first-order valence-electron chi connectivity index (χ1n) is 10.9. The summed E-state index contributed by atoms with van der Waals surface area (Å²) in [5, 5.41) is 3.00. The van der Waals surface area contributed by atoms with E-state index in [0.29, 0.717) is 25.3 Å². The van der Waals surface area contributed by atoms with Crippen molar-refractivity contribution in [3.05, 3.63) is 65.7 Å². The van der Waals surface area contributed by atoms with Crippen LogP contribution in [0.25, 0.3) is 0 Å². The molecule has 168 valence electrons. The van der Waals surface area contributed by atoms with Crippen molar-refractivity contribution in [3.8, 4) is 5.75 Å². The van der Waals surface area contributed by atoms with Crippen molar-refractivity contribution >= 4 is 23.6 Å². The van der Waals surface area contributed by atoms with E-state index in [2.05, 4.69) is 24.4 Å². The Hall–Kier alpha value is -2.47. The minimum atomic E-state index is -0.483. The van der Waals surface area contributed by atoms with Crippen molar-refractivity contribution in [3.63, 3.8) is 0 Å². The summed E-state index contributed by atoms with van der Waals surface area (Å²) < 4.78 is 5.23. The molecule has 5 nitrogen and oxygen atoms in total. The van der Waals surface area contributed by atoms with E-state index in [4.69, 9.17) is 4.74 Å². The number of hydrogen-bond donors (Lipinski definition) is 1. The van der Waals surface area contributed by atoms with Crippen LogP contribution < -0.4 is 10.1 Å². The molecule has 2 aromatic rings. The molecule has 0 aliphatic rings. The van der Waals surface area contributed by atoms with Gasteiger partial charge in [0.2, 0.25) is 11.8 Å². The maximum Gasteiger partial charge on any atom is 0.242 e. The Kier molecular flexibility index (Phi) is 11.0. The Bertz CT molecular complexity index is 796. The zero-order valence-electron chi connectivity index (χ0n) is 18.8. The number of ether oxygens (including phenoxy) is 1. The summed E-state index contributed by atoms with van der Waals surface area (Å²) >= 11 is 1.58. The SMILES string of the molecule is CCCCNC(=O)C(CC)N(Cc1ccc(OC)cc1)C(=O)CSCc1ccccc1. The van der Waals surface area contributed by atoms with Gasteiger partial charge in [0.25, 0.3) is 0 Å². The smallest absolute Gasteiger partial charge is 0.242 e. The molecule has 0 aliphatic heterocycles. The summed E-state index contributed by atoms with van der Waals surface area (Å²) in [6, 6.07) is 17.3. The number of amides is 2. The molecule has 1 unspecified atom stereocenters. The van der Waals surface area contributed by atoms with Crippen LogP contribution in [0.5, 0.6) is 5.75 Å². The Morgan fingerprint density at radius 3 is 2.35 bits per heavy atom. The van der Waals surface area contributed by atoms with Gasteiger partial charge in [0, 0.05) is 18.8 Å². The maximum absolute atomic E-state index is 13.2. The van der Waals surface area contributed by atoms with E-state index in [1.165, 1.54) is 5.56 Å². The van der Waals surface area contributed by atoms with Gasteiger partial charge in [0.1, 0.15) is 11.8 Å². The summed E-state index contributed by atoms with van der Waals surface area (Å²) in [5.74, 6) is 1.77. The van der Waals surface area contributed by atoms with Crippen LogP contribution in [0.4, 0.5) is 0 Å². The second kappa shape index (κ2) is 13.8. The van der Waals surface area contributed by atoms with E-state index in [0.717, 1.165) is 29.9 Å². The molecule has 1 N–H and O–H groups in total. The first kappa shape index (κ1) is 24.8. The summed E-state index contributed by atoms with van der Waals surface area (Å²) in [6.45, 7) is 5.08. The summed E-state index contributed by atoms with van der Waals surface area (Å²) in [6.07, 6.45) is 2.52. The van der Waals surface area contributed by atoms with Crippen molar-refractivity contribution in [2.45, 2.75) is 51.4 Å². The van der Waals surface area contributed by atoms with Crippen LogP contribution in [-0.4, -0.2) is 42.2 Å². The third-order valence-corrected chi connectivity index (χ3v) is 6.05. The lowest BCUT2D eigenvalue weighted by atomic mass is 10.1. The fourth-order valence-electron chi connectivity index (χ4n) is 3.27. The molecule has 0 aromatic heterocycles. The van der Waals surface area contributed by atoms with Crippen LogP contribution in [-0.2, 0) is 21.9 Å². The van der Waals surface area contributed by atoms with E-state index in [1.807, 2.05) is 49.4 Å². The average molecular weight is 443 g/mol. The molecule has 6 heteroatoms. The molecule has 2 amide bonds. The molecule has 2 rings (SSSR count). The van der Waals surface area contributed by atoms with Gasteiger partial charge in [-0.1, -0.05) is 62.7 Å². The molecule has 0 radical (unpaired) electrons. The predicted molar refractivity (Wildman–Crippen MR) is 128 cm³/mol. The number of methoxy groups -OCH3 is 1.